The van der Waals surface area contributed by atoms with Crippen LogP contribution in [0.25, 0.3) is 0 Å². The van der Waals surface area contributed by atoms with Crippen molar-refractivity contribution >= 4 is 23.2 Å². The molecule has 0 bridgehead atoms. The molecule has 88 valence electrons. The van der Waals surface area contributed by atoms with Gasteiger partial charge in [-0.25, -0.2) is 9.97 Å². The number of ketones is 1. The molecule has 1 N–H and O–H groups in total. The van der Waals surface area contributed by atoms with Crippen LogP contribution >= 0.6 is 11.6 Å². The number of hydrogen-bond donors (Lipinski definition) is 1. The van der Waals surface area contributed by atoms with Crippen molar-refractivity contribution in [3.05, 3.63) is 17.0 Å². The highest BCUT2D eigenvalue weighted by molar-refractivity contribution is 6.30. The number of carbonyl (C=O) groups is 1. The van der Waals surface area contributed by atoms with Gasteiger partial charge in [0.2, 0.25) is 0 Å². The molecule has 1 heterocycles. The molecule has 4 nitrogen and oxygen atoms in total. The van der Waals surface area contributed by atoms with Gasteiger partial charge in [-0.1, -0.05) is 11.6 Å². The largest absolute Gasteiger partial charge is 0.365 e. The third kappa shape index (κ3) is 3.77. The average Bonchev–Trinajstić information content (AvgIpc) is 2.08. The number of hydrogen-bond acceptors (Lipinski definition) is 4. The van der Waals surface area contributed by atoms with E-state index < -0.39 is 0 Å². The van der Waals surface area contributed by atoms with E-state index in [4.69, 9.17) is 11.6 Å². The fourth-order valence-electron chi connectivity index (χ4n) is 1.26. The molecule has 0 amide bonds. The van der Waals surface area contributed by atoms with Crippen LogP contribution in [0.3, 0.4) is 0 Å². The Labute approximate surface area is 100 Å². The van der Waals surface area contributed by atoms with Gasteiger partial charge in [-0.15, -0.1) is 0 Å². The van der Waals surface area contributed by atoms with Gasteiger partial charge in [0.15, 0.2) is 0 Å². The van der Waals surface area contributed by atoms with E-state index in [0.717, 1.165) is 0 Å². The highest BCUT2D eigenvalue weighted by atomic mass is 35.5. The first-order valence-corrected chi connectivity index (χ1v) is 5.44. The lowest BCUT2D eigenvalue weighted by molar-refractivity contribution is -0.116. The summed E-state index contributed by atoms with van der Waals surface area (Å²) in [6, 6.07) is 0. The minimum Gasteiger partial charge on any atom is -0.365 e. The molecule has 0 spiro atoms. The molecule has 1 rings (SSSR count). The summed E-state index contributed by atoms with van der Waals surface area (Å²) in [7, 11) is 0. The SMILES string of the molecule is CC(=O)Cc1c(Cl)ncnc1NC(C)(C)C. The average molecular weight is 242 g/mol. The number of nitrogens with zero attached hydrogens (tertiary/aromatic N) is 2. The van der Waals surface area contributed by atoms with Crippen molar-refractivity contribution < 1.29 is 4.79 Å². The van der Waals surface area contributed by atoms with Crippen LogP contribution in [0.2, 0.25) is 5.15 Å². The Hall–Kier alpha value is -1.16. The van der Waals surface area contributed by atoms with E-state index in [-0.39, 0.29) is 17.7 Å². The van der Waals surface area contributed by atoms with E-state index in [9.17, 15) is 4.79 Å². The summed E-state index contributed by atoms with van der Waals surface area (Å²) < 4.78 is 0. The summed E-state index contributed by atoms with van der Waals surface area (Å²) in [6.45, 7) is 7.56. The minimum absolute atomic E-state index is 0.0358. The first-order chi connectivity index (χ1) is 7.29. The Kier molecular flexibility index (Phi) is 3.86. The van der Waals surface area contributed by atoms with Crippen LogP contribution in [-0.4, -0.2) is 21.3 Å². The molecule has 1 aromatic heterocycles. The second kappa shape index (κ2) is 4.78. The molecule has 0 aliphatic heterocycles. The van der Waals surface area contributed by atoms with E-state index in [0.29, 0.717) is 16.5 Å². The van der Waals surface area contributed by atoms with Crippen molar-refractivity contribution in [2.75, 3.05) is 5.32 Å². The smallest absolute Gasteiger partial charge is 0.138 e. The third-order valence-corrected chi connectivity index (χ3v) is 2.14. The summed E-state index contributed by atoms with van der Waals surface area (Å²) in [4.78, 5) is 19.1. The van der Waals surface area contributed by atoms with Crippen molar-refractivity contribution in [2.24, 2.45) is 0 Å². The zero-order valence-corrected chi connectivity index (χ0v) is 10.7. The maximum absolute atomic E-state index is 11.1. The zero-order chi connectivity index (χ0) is 12.3. The highest BCUT2D eigenvalue weighted by Gasteiger charge is 2.16. The van der Waals surface area contributed by atoms with E-state index in [1.807, 2.05) is 20.8 Å². The van der Waals surface area contributed by atoms with Gasteiger partial charge in [0, 0.05) is 17.5 Å². The first-order valence-electron chi connectivity index (χ1n) is 5.06. The summed E-state index contributed by atoms with van der Waals surface area (Å²) in [5.41, 5.74) is 0.523. The normalized spacial score (nSPS) is 11.3. The molecule has 16 heavy (non-hydrogen) atoms. The lowest BCUT2D eigenvalue weighted by Crippen LogP contribution is -2.27. The molecule has 0 radical (unpaired) electrons. The topological polar surface area (TPSA) is 54.9 Å². The molecular weight excluding hydrogens is 226 g/mol. The molecule has 0 saturated carbocycles. The highest BCUT2D eigenvalue weighted by Crippen LogP contribution is 2.23. The van der Waals surface area contributed by atoms with Crippen LogP contribution in [0.15, 0.2) is 6.33 Å². The van der Waals surface area contributed by atoms with Crippen LogP contribution in [0.1, 0.15) is 33.3 Å². The van der Waals surface area contributed by atoms with Crippen molar-refractivity contribution in [2.45, 2.75) is 39.7 Å². The number of carbonyl (C=O) groups excluding carboxylic acids is 1. The molecule has 0 unspecified atom stereocenters. The van der Waals surface area contributed by atoms with E-state index >= 15 is 0 Å². The van der Waals surface area contributed by atoms with E-state index in [2.05, 4.69) is 15.3 Å². The van der Waals surface area contributed by atoms with Crippen molar-refractivity contribution in [1.29, 1.82) is 0 Å². The molecule has 0 atom stereocenters. The quantitative estimate of drug-likeness (QED) is 0.826. The fourth-order valence-corrected chi connectivity index (χ4v) is 1.46. The number of anilines is 1. The third-order valence-electron chi connectivity index (χ3n) is 1.81. The van der Waals surface area contributed by atoms with Crippen LogP contribution in [0, 0.1) is 0 Å². The molecule has 0 aliphatic carbocycles. The summed E-state index contributed by atoms with van der Waals surface area (Å²) in [5.74, 6) is 0.663. The first kappa shape index (κ1) is 12.9. The number of nitrogens with one attached hydrogen (secondary N) is 1. The molecule has 5 heteroatoms. The number of rotatable bonds is 3. The van der Waals surface area contributed by atoms with Crippen LogP contribution < -0.4 is 5.32 Å². The fraction of sp³-hybridized carbons (Fsp3) is 0.545. The molecule has 0 fully saturated rings. The van der Waals surface area contributed by atoms with Gasteiger partial charge in [-0.3, -0.25) is 4.79 Å². The van der Waals surface area contributed by atoms with E-state index in [1.54, 1.807) is 0 Å². The predicted molar refractivity (Wildman–Crippen MR) is 64.8 cm³/mol. The lowest BCUT2D eigenvalue weighted by Gasteiger charge is -2.23. The maximum atomic E-state index is 11.1. The Bertz CT molecular complexity index is 399. The Morgan fingerprint density at radius 1 is 1.44 bits per heavy atom. The second-order valence-electron chi connectivity index (χ2n) is 4.75. The maximum Gasteiger partial charge on any atom is 0.138 e. The lowest BCUT2D eigenvalue weighted by atomic mass is 10.1. The summed E-state index contributed by atoms with van der Waals surface area (Å²) in [5, 5.41) is 3.54. The Balaban J connectivity index is 3.07. The zero-order valence-electron chi connectivity index (χ0n) is 9.97. The predicted octanol–water partition coefficient (Wildman–Crippen LogP) is 2.47. The van der Waals surface area contributed by atoms with Crippen LogP contribution in [-0.2, 0) is 11.2 Å². The van der Waals surface area contributed by atoms with Gasteiger partial charge in [-0.2, -0.15) is 0 Å². The number of aromatic nitrogens is 2. The van der Waals surface area contributed by atoms with Crippen LogP contribution in [0.5, 0.6) is 0 Å². The van der Waals surface area contributed by atoms with Crippen molar-refractivity contribution in [1.82, 2.24) is 9.97 Å². The molecule has 0 aromatic carbocycles. The van der Waals surface area contributed by atoms with Crippen molar-refractivity contribution in [3.63, 3.8) is 0 Å². The van der Waals surface area contributed by atoms with Gasteiger partial charge in [0.1, 0.15) is 23.1 Å². The van der Waals surface area contributed by atoms with E-state index in [1.165, 1.54) is 13.3 Å². The Morgan fingerprint density at radius 3 is 2.56 bits per heavy atom. The van der Waals surface area contributed by atoms with Gasteiger partial charge in [0.05, 0.1) is 0 Å². The summed E-state index contributed by atoms with van der Waals surface area (Å²) >= 11 is 5.96. The monoisotopic (exact) mass is 241 g/mol. The second-order valence-corrected chi connectivity index (χ2v) is 5.10. The number of Topliss-reactive ketones (excluding diaryl/α,β-unsaturated/α-hetero) is 1. The summed E-state index contributed by atoms with van der Waals surface area (Å²) in [6.07, 6.45) is 1.64. The van der Waals surface area contributed by atoms with Gasteiger partial charge >= 0.3 is 0 Å². The molecule has 0 saturated heterocycles. The van der Waals surface area contributed by atoms with Gasteiger partial charge in [0.25, 0.3) is 0 Å². The van der Waals surface area contributed by atoms with Crippen molar-refractivity contribution in [3.8, 4) is 0 Å². The van der Waals surface area contributed by atoms with Crippen LogP contribution in [0.4, 0.5) is 5.82 Å². The molecular formula is C11H16ClN3O. The van der Waals surface area contributed by atoms with Gasteiger partial charge < -0.3 is 5.32 Å². The minimum atomic E-state index is -0.136. The molecule has 1 aromatic rings. The Morgan fingerprint density at radius 2 is 2.06 bits per heavy atom. The molecule has 0 aliphatic rings. The standard InChI is InChI=1S/C11H16ClN3O/c1-7(16)5-8-9(12)13-6-14-10(8)15-11(2,3)4/h6H,5H2,1-4H3,(H,13,14,15). The van der Waals surface area contributed by atoms with Gasteiger partial charge in [-0.05, 0) is 27.7 Å². The number of halogens is 1.